The topological polar surface area (TPSA) is 51.8 Å². The fourth-order valence-corrected chi connectivity index (χ4v) is 6.64. The number of rotatable bonds is 4. The Labute approximate surface area is 296 Å². The van der Waals surface area contributed by atoms with Gasteiger partial charge in [0.25, 0.3) is 0 Å². The Morgan fingerprint density at radius 2 is 0.735 bits per heavy atom. The Balaban J connectivity index is 1.17. The van der Waals surface area contributed by atoms with E-state index < -0.39 is 60.4 Å². The van der Waals surface area contributed by atoms with Crippen molar-refractivity contribution >= 4 is 54.3 Å². The van der Waals surface area contributed by atoms with Crippen molar-refractivity contribution in [2.45, 2.75) is 0 Å². The Bertz CT molecular complexity index is 3300. The third-order valence-electron chi connectivity index (χ3n) is 8.89. The standard InChI is InChI=1S/C45H27N3O/c1-3-11-28(12-4-1)43-46-44(29-13-5-2-6-14-29)48-45(47-43)32-21-24-42-40(27-32)39-26-31(20-23-41(39)49-42)30-19-22-37-35-17-8-7-15-33(35)34-16-9-10-18-36(34)38(37)25-30/h1-27H/i1D,2D,3D,4D,5D,6D,11D,12D,13D,14D. The van der Waals surface area contributed by atoms with Crippen LogP contribution in [0.2, 0.25) is 0 Å². The van der Waals surface area contributed by atoms with Crippen LogP contribution >= 0.6 is 0 Å². The van der Waals surface area contributed by atoms with Crippen molar-refractivity contribution < 1.29 is 18.1 Å². The molecule has 0 radical (unpaired) electrons. The molecule has 0 bridgehead atoms. The van der Waals surface area contributed by atoms with E-state index in [1.54, 1.807) is 18.2 Å². The molecule has 0 fully saturated rings. The number of hydrogen-bond donors (Lipinski definition) is 0. The van der Waals surface area contributed by atoms with Gasteiger partial charge in [-0.2, -0.15) is 0 Å². The zero-order valence-electron chi connectivity index (χ0n) is 35.6. The summed E-state index contributed by atoms with van der Waals surface area (Å²) < 4.78 is 90.2. The molecule has 4 nitrogen and oxygen atoms in total. The van der Waals surface area contributed by atoms with Crippen molar-refractivity contribution in [3.63, 3.8) is 0 Å². The SMILES string of the molecule is [2H]c1c([2H])c([2H])c(-c2nc(-c3ccc4oc5ccc(-c6ccc7c8ccccc8c8ccccc8c7c6)cc5c4c3)nc(-c3c([2H])c([2H])c([2H])c([2H])c3[2H])n2)c([2H])c1[2H]. The minimum Gasteiger partial charge on any atom is -0.456 e. The Morgan fingerprint density at radius 3 is 1.27 bits per heavy atom. The van der Waals surface area contributed by atoms with Gasteiger partial charge in [0.05, 0.1) is 13.7 Å². The maximum Gasteiger partial charge on any atom is 0.164 e. The van der Waals surface area contributed by atoms with Crippen molar-refractivity contribution in [3.05, 3.63) is 164 Å². The number of furan rings is 1. The van der Waals surface area contributed by atoms with Gasteiger partial charge in [-0.15, -0.1) is 0 Å². The summed E-state index contributed by atoms with van der Waals surface area (Å²) >= 11 is 0. The molecule has 0 saturated carbocycles. The Morgan fingerprint density at radius 1 is 0.347 bits per heavy atom. The highest BCUT2D eigenvalue weighted by Gasteiger charge is 2.16. The molecule has 2 heterocycles. The Hall–Kier alpha value is -6.65. The van der Waals surface area contributed by atoms with Gasteiger partial charge in [0.15, 0.2) is 17.5 Å². The molecule has 2 aromatic heterocycles. The molecule has 0 N–H and O–H groups in total. The fourth-order valence-electron chi connectivity index (χ4n) is 6.64. The van der Waals surface area contributed by atoms with Gasteiger partial charge in [-0.3, -0.25) is 0 Å². The van der Waals surface area contributed by atoms with Gasteiger partial charge in [-0.05, 0) is 79.8 Å². The minimum atomic E-state index is -0.609. The van der Waals surface area contributed by atoms with Crippen LogP contribution in [-0.4, -0.2) is 15.0 Å². The van der Waals surface area contributed by atoms with E-state index in [0.29, 0.717) is 22.1 Å². The van der Waals surface area contributed by atoms with Gasteiger partial charge in [-0.1, -0.05) is 127 Å². The molecule has 0 unspecified atom stereocenters. The van der Waals surface area contributed by atoms with Crippen LogP contribution in [-0.2, 0) is 0 Å². The first-order chi connectivity index (χ1) is 28.4. The third-order valence-corrected chi connectivity index (χ3v) is 8.89. The number of nitrogens with zero attached hydrogens (tertiary/aromatic N) is 3. The average Bonchev–Trinajstić information content (AvgIpc) is 3.63. The van der Waals surface area contributed by atoms with Crippen LogP contribution in [0.5, 0.6) is 0 Å². The van der Waals surface area contributed by atoms with E-state index >= 15 is 0 Å². The van der Waals surface area contributed by atoms with E-state index in [0.717, 1.165) is 32.7 Å². The van der Waals surface area contributed by atoms with Crippen LogP contribution in [0.15, 0.2) is 168 Å². The molecular formula is C45H27N3O. The maximum absolute atomic E-state index is 8.65. The first-order valence-corrected chi connectivity index (χ1v) is 15.6. The van der Waals surface area contributed by atoms with Gasteiger partial charge < -0.3 is 4.42 Å². The predicted molar refractivity (Wildman–Crippen MR) is 201 cm³/mol. The molecule has 0 atom stereocenters. The molecule has 0 aliphatic carbocycles. The molecular weight excluding hydrogens is 599 g/mol. The van der Waals surface area contributed by atoms with E-state index in [1.165, 1.54) is 16.2 Å². The zero-order chi connectivity index (χ0) is 41.0. The number of hydrogen-bond acceptors (Lipinski definition) is 4. The summed E-state index contributed by atoms with van der Waals surface area (Å²) in [4.78, 5) is 13.6. The van der Waals surface area contributed by atoms with E-state index in [2.05, 4.69) is 87.7 Å². The van der Waals surface area contributed by atoms with Gasteiger partial charge in [0, 0.05) is 27.5 Å². The fraction of sp³-hybridized carbons (Fsp3) is 0. The lowest BCUT2D eigenvalue weighted by Gasteiger charge is -2.12. The van der Waals surface area contributed by atoms with Gasteiger partial charge in [0.1, 0.15) is 11.2 Å². The molecule has 49 heavy (non-hydrogen) atoms. The molecule has 10 rings (SSSR count). The number of fused-ring (bicyclic) bond motifs is 9. The Kier molecular flexibility index (Phi) is 4.31. The molecule has 0 spiro atoms. The van der Waals surface area contributed by atoms with Crippen LogP contribution in [0.25, 0.3) is 99.5 Å². The van der Waals surface area contributed by atoms with Crippen molar-refractivity contribution in [2.24, 2.45) is 0 Å². The van der Waals surface area contributed by atoms with Crippen LogP contribution in [0.3, 0.4) is 0 Å². The van der Waals surface area contributed by atoms with Crippen molar-refractivity contribution in [3.8, 4) is 45.3 Å². The molecule has 228 valence electrons. The van der Waals surface area contributed by atoms with Gasteiger partial charge >= 0.3 is 0 Å². The third kappa shape index (κ3) is 4.57. The highest BCUT2D eigenvalue weighted by atomic mass is 16.3. The van der Waals surface area contributed by atoms with E-state index in [9.17, 15) is 0 Å². The normalized spacial score (nSPS) is 14.5. The molecule has 0 aliphatic rings. The molecule has 10 aromatic rings. The summed E-state index contributed by atoms with van der Waals surface area (Å²) in [7, 11) is 0. The number of aromatic nitrogens is 3. The molecule has 0 saturated heterocycles. The summed E-state index contributed by atoms with van der Waals surface area (Å²) in [6, 6.07) is 28.6. The van der Waals surface area contributed by atoms with Crippen molar-refractivity contribution in [1.29, 1.82) is 0 Å². The van der Waals surface area contributed by atoms with E-state index in [4.69, 9.17) is 18.1 Å². The lowest BCUT2D eigenvalue weighted by molar-refractivity contribution is 0.669. The molecule has 0 aliphatic heterocycles. The zero-order valence-corrected chi connectivity index (χ0v) is 25.6. The van der Waals surface area contributed by atoms with Crippen LogP contribution in [0, 0.1) is 0 Å². The number of benzene rings is 8. The molecule has 0 amide bonds. The molecule has 8 aromatic carbocycles. The quantitative estimate of drug-likeness (QED) is 0.181. The lowest BCUT2D eigenvalue weighted by Crippen LogP contribution is -2.00. The average molecular weight is 636 g/mol. The second-order valence-electron chi connectivity index (χ2n) is 11.7. The van der Waals surface area contributed by atoms with Gasteiger partial charge in [0.2, 0.25) is 0 Å². The summed E-state index contributed by atoms with van der Waals surface area (Å²) in [6.45, 7) is 0. The van der Waals surface area contributed by atoms with Crippen LogP contribution in [0.4, 0.5) is 0 Å². The first kappa shape index (κ1) is 19.2. The highest BCUT2D eigenvalue weighted by molar-refractivity contribution is 6.25. The van der Waals surface area contributed by atoms with Crippen LogP contribution < -0.4 is 0 Å². The minimum absolute atomic E-state index is 0.0235. The summed E-state index contributed by atoms with van der Waals surface area (Å²) in [6.07, 6.45) is 0. The predicted octanol–water partition coefficient (Wildman–Crippen LogP) is 11.9. The van der Waals surface area contributed by atoms with E-state index in [-0.39, 0.29) is 28.6 Å². The summed E-state index contributed by atoms with van der Waals surface area (Å²) in [5, 5.41) is 8.52. The van der Waals surface area contributed by atoms with Crippen LogP contribution in [0.1, 0.15) is 13.7 Å². The summed E-state index contributed by atoms with van der Waals surface area (Å²) in [5.41, 5.74) is 2.93. The maximum atomic E-state index is 8.65. The smallest absolute Gasteiger partial charge is 0.164 e. The summed E-state index contributed by atoms with van der Waals surface area (Å²) in [5.74, 6) is -0.681. The largest absolute Gasteiger partial charge is 0.456 e. The monoisotopic (exact) mass is 635 g/mol. The van der Waals surface area contributed by atoms with E-state index in [1.807, 2.05) is 12.1 Å². The van der Waals surface area contributed by atoms with Gasteiger partial charge in [-0.25, -0.2) is 15.0 Å². The second kappa shape index (κ2) is 11.0. The lowest BCUT2D eigenvalue weighted by atomic mass is 9.92. The first-order valence-electron chi connectivity index (χ1n) is 20.6. The molecule has 4 heteroatoms. The second-order valence-corrected chi connectivity index (χ2v) is 11.7. The van der Waals surface area contributed by atoms with Crippen molar-refractivity contribution in [1.82, 2.24) is 15.0 Å². The highest BCUT2D eigenvalue weighted by Crippen LogP contribution is 2.39. The van der Waals surface area contributed by atoms with Crippen molar-refractivity contribution in [2.75, 3.05) is 0 Å².